The molecule has 11 heteroatoms. The molecule has 6 unspecified atom stereocenters. The Hall–Kier alpha value is -3.61. The van der Waals surface area contributed by atoms with Gasteiger partial charge in [-0.1, -0.05) is 163 Å². The zero-order valence-electron chi connectivity index (χ0n) is 39.5. The second-order valence-corrected chi connectivity index (χ2v) is 16.6. The highest BCUT2D eigenvalue weighted by molar-refractivity contribution is 5.73. The van der Waals surface area contributed by atoms with Crippen molar-refractivity contribution in [1.29, 1.82) is 0 Å². The number of carboxylic acids is 1. The standard InChI is InChI=1S/C53H86O11/c1-3-5-7-9-11-13-15-17-19-21-23-25-27-29-31-33-35-37-39-41-46(54)61-43-45(44-62-53-50(58)48(56)49(57)51(64-53)52(59)60)63-47(55)42-40-38-36-34-32-30-28-26-24-22-20-18-16-14-12-10-8-6-4-2/h5,7,11-14,17-20,23,25,29,31,45,48-51,53,56-58H,3-4,6,8-10,15-16,21-22,24,26-28,30,32-44H2,1-2H3,(H,59,60)/b7-5-,13-11-,14-12-,19-17-,20-18-,25-23-,31-29-. The number of carbonyl (C=O) groups excluding carboxylic acids is 2. The SMILES string of the molecule is CC/C=C\C/C=C\C/C=C\C/C=C\C/C=C\CCCCCC(=O)OCC(COC1OC(C(=O)O)C(O)C(O)C1O)OC(=O)CCCCCCCCCCC/C=C\C/C=C\CCCCC. The lowest BCUT2D eigenvalue weighted by atomic mass is 9.99. The summed E-state index contributed by atoms with van der Waals surface area (Å²) in [6.45, 7) is 3.65. The molecular formula is C53H86O11. The fraction of sp³-hybridized carbons (Fsp3) is 0.679. The summed E-state index contributed by atoms with van der Waals surface area (Å²) in [5.41, 5.74) is 0. The number of hydrogen-bond acceptors (Lipinski definition) is 10. The van der Waals surface area contributed by atoms with E-state index < -0.39 is 61.3 Å². The normalized spacial score (nSPS) is 20.0. The van der Waals surface area contributed by atoms with E-state index in [0.717, 1.165) is 83.5 Å². The second-order valence-electron chi connectivity index (χ2n) is 16.6. The number of ether oxygens (including phenoxy) is 4. The number of carbonyl (C=O) groups is 3. The number of aliphatic carboxylic acids is 1. The molecular weight excluding hydrogens is 813 g/mol. The highest BCUT2D eigenvalue weighted by atomic mass is 16.7. The Bertz CT molecular complexity index is 1380. The van der Waals surface area contributed by atoms with Gasteiger partial charge in [-0.3, -0.25) is 9.59 Å². The lowest BCUT2D eigenvalue weighted by Crippen LogP contribution is -2.60. The predicted molar refractivity (Wildman–Crippen MR) is 256 cm³/mol. The monoisotopic (exact) mass is 899 g/mol. The minimum atomic E-state index is -1.87. The summed E-state index contributed by atoms with van der Waals surface area (Å²) >= 11 is 0. The van der Waals surface area contributed by atoms with Crippen molar-refractivity contribution in [2.75, 3.05) is 13.2 Å². The van der Waals surface area contributed by atoms with Crippen molar-refractivity contribution in [1.82, 2.24) is 0 Å². The van der Waals surface area contributed by atoms with Gasteiger partial charge in [0.05, 0.1) is 6.61 Å². The predicted octanol–water partition coefficient (Wildman–Crippen LogP) is 11.4. The van der Waals surface area contributed by atoms with E-state index in [1.54, 1.807) is 0 Å². The fourth-order valence-corrected chi connectivity index (χ4v) is 6.88. The molecule has 0 aromatic rings. The molecule has 0 radical (unpaired) electrons. The summed E-state index contributed by atoms with van der Waals surface area (Å²) in [5, 5.41) is 39.9. The molecule has 0 aromatic heterocycles. The summed E-state index contributed by atoms with van der Waals surface area (Å²) in [5.74, 6) is -2.50. The Morgan fingerprint density at radius 1 is 0.500 bits per heavy atom. The van der Waals surface area contributed by atoms with E-state index in [2.05, 4.69) is 98.9 Å². The molecule has 1 heterocycles. The largest absolute Gasteiger partial charge is 0.479 e. The number of allylic oxidation sites excluding steroid dienone is 14. The van der Waals surface area contributed by atoms with Gasteiger partial charge in [0, 0.05) is 12.8 Å². The zero-order valence-corrected chi connectivity index (χ0v) is 39.5. The number of esters is 2. The molecule has 1 aliphatic heterocycles. The molecule has 1 saturated heterocycles. The van der Waals surface area contributed by atoms with Gasteiger partial charge in [0.2, 0.25) is 0 Å². The van der Waals surface area contributed by atoms with Crippen LogP contribution in [0.5, 0.6) is 0 Å². The molecule has 64 heavy (non-hydrogen) atoms. The summed E-state index contributed by atoms with van der Waals surface area (Å²) in [7, 11) is 0. The molecule has 1 rings (SSSR count). The van der Waals surface area contributed by atoms with Crippen LogP contribution in [0.4, 0.5) is 0 Å². The lowest BCUT2D eigenvalue weighted by Gasteiger charge is -2.38. The second kappa shape index (κ2) is 42.1. The third-order valence-electron chi connectivity index (χ3n) is 10.7. The molecule has 1 aliphatic rings. The van der Waals surface area contributed by atoms with Crippen molar-refractivity contribution in [3.05, 3.63) is 85.1 Å². The van der Waals surface area contributed by atoms with Crippen LogP contribution in [0, 0.1) is 0 Å². The molecule has 6 atom stereocenters. The summed E-state index contributed by atoms with van der Waals surface area (Å²) in [6, 6.07) is 0. The van der Waals surface area contributed by atoms with E-state index in [-0.39, 0.29) is 19.4 Å². The zero-order chi connectivity index (χ0) is 46.7. The average Bonchev–Trinajstić information content (AvgIpc) is 3.28. The topological polar surface area (TPSA) is 169 Å². The minimum Gasteiger partial charge on any atom is -0.479 e. The summed E-state index contributed by atoms with van der Waals surface area (Å²) < 4.78 is 21.8. The lowest BCUT2D eigenvalue weighted by molar-refractivity contribution is -0.298. The van der Waals surface area contributed by atoms with E-state index in [9.17, 15) is 34.8 Å². The number of aliphatic hydroxyl groups excluding tert-OH is 3. The fourth-order valence-electron chi connectivity index (χ4n) is 6.88. The van der Waals surface area contributed by atoms with Crippen LogP contribution >= 0.6 is 0 Å². The van der Waals surface area contributed by atoms with Crippen molar-refractivity contribution in [2.45, 2.75) is 218 Å². The molecule has 11 nitrogen and oxygen atoms in total. The Kier molecular flexibility index (Phi) is 38.4. The molecule has 0 aliphatic carbocycles. The van der Waals surface area contributed by atoms with E-state index >= 15 is 0 Å². The molecule has 0 bridgehead atoms. The van der Waals surface area contributed by atoms with Gasteiger partial charge in [0.25, 0.3) is 0 Å². The number of aliphatic hydroxyl groups is 3. The maximum Gasteiger partial charge on any atom is 0.335 e. The molecule has 364 valence electrons. The van der Waals surface area contributed by atoms with Crippen molar-refractivity contribution in [3.63, 3.8) is 0 Å². The molecule has 0 saturated carbocycles. The van der Waals surface area contributed by atoms with Crippen LogP contribution in [-0.4, -0.2) is 88.4 Å². The van der Waals surface area contributed by atoms with Crippen LogP contribution in [0.15, 0.2) is 85.1 Å². The van der Waals surface area contributed by atoms with Gasteiger partial charge in [-0.2, -0.15) is 0 Å². The van der Waals surface area contributed by atoms with Crippen molar-refractivity contribution < 1.29 is 53.8 Å². The minimum absolute atomic E-state index is 0.166. The Labute approximate surface area is 386 Å². The van der Waals surface area contributed by atoms with Crippen LogP contribution in [-0.2, 0) is 33.3 Å². The van der Waals surface area contributed by atoms with Gasteiger partial charge in [-0.15, -0.1) is 0 Å². The van der Waals surface area contributed by atoms with Gasteiger partial charge >= 0.3 is 17.9 Å². The smallest absolute Gasteiger partial charge is 0.335 e. The first-order valence-corrected chi connectivity index (χ1v) is 24.6. The third-order valence-corrected chi connectivity index (χ3v) is 10.7. The first-order chi connectivity index (χ1) is 31.2. The van der Waals surface area contributed by atoms with E-state index in [1.165, 1.54) is 57.8 Å². The molecule has 0 amide bonds. The number of carboxylic acid groups (broad SMARTS) is 1. The quantitative estimate of drug-likeness (QED) is 0.0262. The molecule has 0 aromatic carbocycles. The molecule has 0 spiro atoms. The van der Waals surface area contributed by atoms with Crippen LogP contribution < -0.4 is 0 Å². The Morgan fingerprint density at radius 3 is 1.41 bits per heavy atom. The highest BCUT2D eigenvalue weighted by Crippen LogP contribution is 2.23. The van der Waals surface area contributed by atoms with Crippen LogP contribution in [0.25, 0.3) is 0 Å². The van der Waals surface area contributed by atoms with Crippen LogP contribution in [0.1, 0.15) is 181 Å². The Morgan fingerprint density at radius 2 is 0.922 bits per heavy atom. The van der Waals surface area contributed by atoms with Crippen molar-refractivity contribution in [3.8, 4) is 0 Å². The Balaban J connectivity index is 2.36. The molecule has 1 fully saturated rings. The average molecular weight is 899 g/mol. The van der Waals surface area contributed by atoms with Gasteiger partial charge in [0.15, 0.2) is 18.5 Å². The summed E-state index contributed by atoms with van der Waals surface area (Å²) in [4.78, 5) is 37.0. The van der Waals surface area contributed by atoms with Gasteiger partial charge in [-0.25, -0.2) is 4.79 Å². The van der Waals surface area contributed by atoms with E-state index in [1.807, 2.05) is 0 Å². The van der Waals surface area contributed by atoms with Crippen LogP contribution in [0.2, 0.25) is 0 Å². The third kappa shape index (κ3) is 33.0. The highest BCUT2D eigenvalue weighted by Gasteiger charge is 2.47. The first-order valence-electron chi connectivity index (χ1n) is 24.6. The number of rotatable bonds is 40. The summed E-state index contributed by atoms with van der Waals surface area (Å²) in [6.07, 6.45) is 46.2. The van der Waals surface area contributed by atoms with Crippen molar-refractivity contribution >= 4 is 17.9 Å². The number of unbranched alkanes of at least 4 members (excludes halogenated alkanes) is 15. The van der Waals surface area contributed by atoms with E-state index in [4.69, 9.17) is 18.9 Å². The van der Waals surface area contributed by atoms with Gasteiger partial charge in [0.1, 0.15) is 24.9 Å². The van der Waals surface area contributed by atoms with E-state index in [0.29, 0.717) is 12.8 Å². The molecule has 4 N–H and O–H groups in total. The van der Waals surface area contributed by atoms with Gasteiger partial charge < -0.3 is 39.4 Å². The maximum atomic E-state index is 12.8. The first kappa shape index (κ1) is 58.4. The van der Waals surface area contributed by atoms with Crippen LogP contribution in [0.3, 0.4) is 0 Å². The number of hydrogen-bond donors (Lipinski definition) is 4. The van der Waals surface area contributed by atoms with Gasteiger partial charge in [-0.05, 0) is 89.9 Å². The van der Waals surface area contributed by atoms with Crippen molar-refractivity contribution in [2.24, 2.45) is 0 Å². The maximum absolute atomic E-state index is 12.8.